The van der Waals surface area contributed by atoms with Crippen LogP contribution in [-0.4, -0.2) is 26.2 Å². The van der Waals surface area contributed by atoms with E-state index >= 15 is 0 Å². The molecule has 0 saturated heterocycles. The lowest BCUT2D eigenvalue weighted by molar-refractivity contribution is -0.117. The zero-order chi connectivity index (χ0) is 22.6. The lowest BCUT2D eigenvalue weighted by atomic mass is 10.0. The summed E-state index contributed by atoms with van der Waals surface area (Å²) in [5.74, 6) is -0.963. The number of hydrogen-bond donors (Lipinski definition) is 2. The van der Waals surface area contributed by atoms with E-state index in [1.54, 1.807) is 30.3 Å². The van der Waals surface area contributed by atoms with Gasteiger partial charge in [-0.15, -0.1) is 0 Å². The number of benzene rings is 3. The van der Waals surface area contributed by atoms with Crippen molar-refractivity contribution in [3.05, 3.63) is 94.0 Å². The average Bonchev–Trinajstić information content (AvgIpc) is 2.75. The molecular weight excluding hydrogens is 459 g/mol. The SMILES string of the molecule is C[C@H](NS(=O)(=O)c1ccc(Cl)cc1)C(=O)Nc1ccc(Cl)cc1C(=O)c1ccccc1. The Morgan fingerprint density at radius 2 is 1.48 bits per heavy atom. The zero-order valence-electron chi connectivity index (χ0n) is 16.3. The zero-order valence-corrected chi connectivity index (χ0v) is 18.6. The molecule has 3 aromatic rings. The summed E-state index contributed by atoms with van der Waals surface area (Å²) >= 11 is 11.8. The number of nitrogens with one attached hydrogen (secondary N) is 2. The Hall–Kier alpha value is -2.71. The Morgan fingerprint density at radius 1 is 0.871 bits per heavy atom. The molecule has 0 aromatic heterocycles. The first-order chi connectivity index (χ1) is 14.7. The molecule has 0 saturated carbocycles. The van der Waals surface area contributed by atoms with Crippen LogP contribution in [0, 0.1) is 0 Å². The van der Waals surface area contributed by atoms with Crippen LogP contribution in [0.3, 0.4) is 0 Å². The van der Waals surface area contributed by atoms with Crippen LogP contribution in [-0.2, 0) is 14.8 Å². The molecule has 0 unspecified atom stereocenters. The summed E-state index contributed by atoms with van der Waals surface area (Å²) in [6, 6.07) is 17.5. The molecule has 3 aromatic carbocycles. The van der Waals surface area contributed by atoms with E-state index in [0.717, 1.165) is 0 Å². The fraction of sp³-hybridized carbons (Fsp3) is 0.0909. The predicted molar refractivity (Wildman–Crippen MR) is 121 cm³/mol. The number of anilines is 1. The first-order valence-electron chi connectivity index (χ1n) is 9.15. The molecule has 0 spiro atoms. The summed E-state index contributed by atoms with van der Waals surface area (Å²) in [4.78, 5) is 25.5. The van der Waals surface area contributed by atoms with Crippen molar-refractivity contribution < 1.29 is 18.0 Å². The summed E-state index contributed by atoms with van der Waals surface area (Å²) < 4.78 is 27.3. The largest absolute Gasteiger partial charge is 0.324 e. The highest BCUT2D eigenvalue weighted by atomic mass is 35.5. The first kappa shape index (κ1) is 23.0. The predicted octanol–water partition coefficient (Wildman–Crippen LogP) is 4.53. The van der Waals surface area contributed by atoms with Crippen LogP contribution in [0.5, 0.6) is 0 Å². The van der Waals surface area contributed by atoms with E-state index in [0.29, 0.717) is 15.6 Å². The molecule has 9 heteroatoms. The van der Waals surface area contributed by atoms with Crippen LogP contribution in [0.1, 0.15) is 22.8 Å². The van der Waals surface area contributed by atoms with Gasteiger partial charge in [0.2, 0.25) is 15.9 Å². The first-order valence-corrected chi connectivity index (χ1v) is 11.4. The molecule has 0 radical (unpaired) electrons. The Labute approximate surface area is 190 Å². The maximum absolute atomic E-state index is 12.9. The Kier molecular flexibility index (Phi) is 7.12. The van der Waals surface area contributed by atoms with Gasteiger partial charge in [0.1, 0.15) is 0 Å². The van der Waals surface area contributed by atoms with Crippen molar-refractivity contribution in [3.8, 4) is 0 Å². The number of hydrogen-bond acceptors (Lipinski definition) is 4. The van der Waals surface area contributed by atoms with Crippen LogP contribution in [0.4, 0.5) is 5.69 Å². The van der Waals surface area contributed by atoms with E-state index in [4.69, 9.17) is 23.2 Å². The average molecular weight is 477 g/mol. The van der Waals surface area contributed by atoms with Gasteiger partial charge in [0.05, 0.1) is 16.6 Å². The minimum absolute atomic E-state index is 0.0250. The molecule has 2 N–H and O–H groups in total. The van der Waals surface area contributed by atoms with Crippen molar-refractivity contribution in [2.75, 3.05) is 5.32 Å². The van der Waals surface area contributed by atoms with Gasteiger partial charge in [0, 0.05) is 21.2 Å². The summed E-state index contributed by atoms with van der Waals surface area (Å²) in [5.41, 5.74) is 0.845. The number of halogens is 2. The second-order valence-electron chi connectivity index (χ2n) is 6.67. The number of carbonyl (C=O) groups excluding carboxylic acids is 2. The number of ketones is 1. The highest BCUT2D eigenvalue weighted by Gasteiger charge is 2.24. The van der Waals surface area contributed by atoms with Gasteiger partial charge in [0.25, 0.3) is 0 Å². The van der Waals surface area contributed by atoms with Crippen molar-refractivity contribution in [3.63, 3.8) is 0 Å². The fourth-order valence-corrected chi connectivity index (χ4v) is 4.27. The Bertz CT molecular complexity index is 1210. The molecule has 160 valence electrons. The Morgan fingerprint density at radius 3 is 2.13 bits per heavy atom. The van der Waals surface area contributed by atoms with Gasteiger partial charge in [-0.2, -0.15) is 4.72 Å². The molecule has 0 fully saturated rings. The van der Waals surface area contributed by atoms with Crippen molar-refractivity contribution in [1.82, 2.24) is 4.72 Å². The number of sulfonamides is 1. The number of amides is 1. The minimum atomic E-state index is -3.95. The van der Waals surface area contributed by atoms with Crippen LogP contribution in [0.2, 0.25) is 10.0 Å². The molecule has 0 aliphatic heterocycles. The fourth-order valence-electron chi connectivity index (χ4n) is 2.77. The van der Waals surface area contributed by atoms with Gasteiger partial charge in [0.15, 0.2) is 5.78 Å². The van der Waals surface area contributed by atoms with E-state index in [1.807, 2.05) is 0 Å². The van der Waals surface area contributed by atoms with Gasteiger partial charge in [-0.25, -0.2) is 8.42 Å². The summed E-state index contributed by atoms with van der Waals surface area (Å²) in [7, 11) is -3.95. The minimum Gasteiger partial charge on any atom is -0.324 e. The molecule has 6 nitrogen and oxygen atoms in total. The van der Waals surface area contributed by atoms with Crippen molar-refractivity contribution in [1.29, 1.82) is 0 Å². The highest BCUT2D eigenvalue weighted by Crippen LogP contribution is 2.24. The van der Waals surface area contributed by atoms with Crippen LogP contribution in [0.25, 0.3) is 0 Å². The second kappa shape index (κ2) is 9.62. The molecule has 0 aliphatic rings. The lowest BCUT2D eigenvalue weighted by Crippen LogP contribution is -2.41. The molecule has 1 amide bonds. The summed E-state index contributed by atoms with van der Waals surface area (Å²) in [6.07, 6.45) is 0. The van der Waals surface area contributed by atoms with E-state index in [1.165, 1.54) is 49.4 Å². The number of carbonyl (C=O) groups is 2. The van der Waals surface area contributed by atoms with Gasteiger partial charge in [-0.1, -0.05) is 53.5 Å². The van der Waals surface area contributed by atoms with E-state index in [9.17, 15) is 18.0 Å². The smallest absolute Gasteiger partial charge is 0.242 e. The quantitative estimate of drug-likeness (QED) is 0.489. The molecule has 1 atom stereocenters. The lowest BCUT2D eigenvalue weighted by Gasteiger charge is -2.16. The van der Waals surface area contributed by atoms with E-state index in [-0.39, 0.29) is 21.9 Å². The second-order valence-corrected chi connectivity index (χ2v) is 9.26. The normalized spacial score (nSPS) is 12.2. The summed E-state index contributed by atoms with van der Waals surface area (Å²) in [5, 5.41) is 3.32. The Balaban J connectivity index is 1.80. The summed E-state index contributed by atoms with van der Waals surface area (Å²) in [6.45, 7) is 1.40. The third kappa shape index (κ3) is 5.71. The molecule has 0 heterocycles. The van der Waals surface area contributed by atoms with Gasteiger partial charge >= 0.3 is 0 Å². The van der Waals surface area contributed by atoms with Crippen LogP contribution in [0.15, 0.2) is 77.7 Å². The highest BCUT2D eigenvalue weighted by molar-refractivity contribution is 7.89. The number of rotatable bonds is 7. The maximum atomic E-state index is 12.9. The van der Waals surface area contributed by atoms with Gasteiger partial charge in [-0.05, 0) is 49.4 Å². The third-order valence-electron chi connectivity index (χ3n) is 4.37. The molecule has 0 bridgehead atoms. The van der Waals surface area contributed by atoms with Crippen LogP contribution >= 0.6 is 23.2 Å². The molecule has 0 aliphatic carbocycles. The topological polar surface area (TPSA) is 92.3 Å². The molecule has 3 rings (SSSR count). The van der Waals surface area contributed by atoms with E-state index < -0.39 is 22.0 Å². The van der Waals surface area contributed by atoms with Gasteiger partial charge in [-0.3, -0.25) is 9.59 Å². The van der Waals surface area contributed by atoms with Crippen molar-refractivity contribution in [2.24, 2.45) is 0 Å². The molecule has 31 heavy (non-hydrogen) atoms. The monoisotopic (exact) mass is 476 g/mol. The maximum Gasteiger partial charge on any atom is 0.242 e. The van der Waals surface area contributed by atoms with Gasteiger partial charge < -0.3 is 5.32 Å². The van der Waals surface area contributed by atoms with Crippen molar-refractivity contribution >= 4 is 50.6 Å². The van der Waals surface area contributed by atoms with Crippen molar-refractivity contribution in [2.45, 2.75) is 17.9 Å². The van der Waals surface area contributed by atoms with Crippen LogP contribution < -0.4 is 10.0 Å². The molecular formula is C22H18Cl2N2O4S. The van der Waals surface area contributed by atoms with E-state index in [2.05, 4.69) is 10.0 Å². The third-order valence-corrected chi connectivity index (χ3v) is 6.41. The standard InChI is InChI=1S/C22H18Cl2N2O4S/c1-14(26-31(29,30)18-10-7-16(23)8-11-18)22(28)25-20-12-9-17(24)13-19(20)21(27)15-5-3-2-4-6-15/h2-14,26H,1H3,(H,25,28)/t14-/m0/s1.